The molecule has 1 aromatic heterocycles. The number of benzene rings is 3. The Balaban J connectivity index is 2.25. The van der Waals surface area contributed by atoms with Crippen molar-refractivity contribution in [2.24, 2.45) is 0 Å². The lowest BCUT2D eigenvalue weighted by atomic mass is 10.2. The predicted octanol–water partition coefficient (Wildman–Crippen LogP) is 3.36. The molecule has 0 N–H and O–H groups in total. The van der Waals surface area contributed by atoms with Gasteiger partial charge in [0.15, 0.2) is 6.04 Å². The van der Waals surface area contributed by atoms with Gasteiger partial charge in [0.2, 0.25) is 0 Å². The molecule has 0 spiro atoms. The summed E-state index contributed by atoms with van der Waals surface area (Å²) in [7, 11) is -1.72. The molecule has 6 heteroatoms. The van der Waals surface area contributed by atoms with E-state index in [1.165, 1.54) is 14.0 Å². The van der Waals surface area contributed by atoms with Crippen molar-refractivity contribution >= 4 is 34.9 Å². The first-order valence-corrected chi connectivity index (χ1v) is 13.0. The minimum atomic E-state index is -3.01. The Morgan fingerprint density at radius 3 is 1.49 bits per heavy atom. The molecule has 1 atom stereocenters. The fraction of sp³-hybridized carbons (Fsp3) is 0.103. The van der Waals surface area contributed by atoms with Crippen molar-refractivity contribution in [3.63, 3.8) is 0 Å². The Morgan fingerprint density at radius 2 is 1.14 bits per heavy atom. The number of esters is 1. The van der Waals surface area contributed by atoms with E-state index in [1.807, 2.05) is 91.0 Å². The third kappa shape index (κ3) is 4.43. The molecule has 0 amide bonds. The number of nitrogens with zero attached hydrogens (tertiary/aromatic N) is 1. The molecule has 0 aliphatic rings. The summed E-state index contributed by atoms with van der Waals surface area (Å²) in [6.45, 7) is 1.25. The fourth-order valence-corrected chi connectivity index (χ4v) is 9.12. The fourth-order valence-electron chi connectivity index (χ4n) is 4.47. The zero-order chi connectivity index (χ0) is 24.8. The van der Waals surface area contributed by atoms with Crippen LogP contribution in [-0.4, -0.2) is 23.4 Å². The standard InChI is InChI=1S/C29H26NO4P/c1-22(31)27(32)28(26(29(33)34-2)30-20-12-13-21-30)35(23-14-6-3-7-15-23,24-16-8-4-9-17-24)25-18-10-5-11-19-25/h3-21,26H,1-2H3/b28-27-. The van der Waals surface area contributed by atoms with E-state index in [0.29, 0.717) is 0 Å². The van der Waals surface area contributed by atoms with Gasteiger partial charge >= 0.3 is 5.97 Å². The molecule has 0 radical (unpaired) electrons. The number of carbonyl (C=O) groups is 2. The molecule has 4 aromatic rings. The molecule has 176 valence electrons. The number of hydrogen-bond acceptors (Lipinski definition) is 4. The summed E-state index contributed by atoms with van der Waals surface area (Å²) in [6.07, 6.45) is 3.43. The van der Waals surface area contributed by atoms with Crippen LogP contribution in [0.5, 0.6) is 0 Å². The molecule has 3 aromatic carbocycles. The van der Waals surface area contributed by atoms with Gasteiger partial charge in [-0.25, -0.2) is 4.79 Å². The summed E-state index contributed by atoms with van der Waals surface area (Å²) in [5.41, 5.74) is 0. The number of methoxy groups -OCH3 is 1. The van der Waals surface area contributed by atoms with Crippen LogP contribution in [0.25, 0.3) is 0 Å². The maximum Gasteiger partial charge on any atom is 0.337 e. The van der Waals surface area contributed by atoms with E-state index in [0.717, 1.165) is 15.9 Å². The second-order valence-corrected chi connectivity index (χ2v) is 11.4. The van der Waals surface area contributed by atoms with Gasteiger partial charge in [-0.15, -0.1) is 0 Å². The van der Waals surface area contributed by atoms with Crippen LogP contribution in [0.3, 0.4) is 0 Å². The first-order valence-electron chi connectivity index (χ1n) is 11.2. The minimum absolute atomic E-state index is 0.219. The smallest absolute Gasteiger partial charge is 0.337 e. The minimum Gasteiger partial charge on any atom is -0.868 e. The first-order chi connectivity index (χ1) is 17.0. The van der Waals surface area contributed by atoms with Crippen LogP contribution in [0.1, 0.15) is 13.0 Å². The SMILES string of the molecule is COC(=O)C(/C(=C(/[O-])C(C)=O)[P+](c1ccccc1)(c1ccccc1)c1ccccc1)n1cccc1. The Bertz CT molecular complexity index is 1220. The summed E-state index contributed by atoms with van der Waals surface area (Å²) in [5, 5.41) is 16.8. The number of ketones is 1. The van der Waals surface area contributed by atoms with E-state index in [2.05, 4.69) is 0 Å². The summed E-state index contributed by atoms with van der Waals surface area (Å²) < 4.78 is 6.87. The van der Waals surface area contributed by atoms with E-state index in [4.69, 9.17) is 4.74 Å². The van der Waals surface area contributed by atoms with Crippen molar-refractivity contribution < 1.29 is 19.4 Å². The lowest BCUT2D eigenvalue weighted by molar-refractivity contribution is -0.299. The van der Waals surface area contributed by atoms with Gasteiger partial charge in [-0.05, 0) is 61.2 Å². The van der Waals surface area contributed by atoms with Crippen molar-refractivity contribution in [2.45, 2.75) is 13.0 Å². The van der Waals surface area contributed by atoms with E-state index < -0.39 is 30.8 Å². The van der Waals surface area contributed by atoms with Crippen molar-refractivity contribution in [1.29, 1.82) is 0 Å². The molecule has 35 heavy (non-hydrogen) atoms. The van der Waals surface area contributed by atoms with E-state index in [1.54, 1.807) is 29.1 Å². The number of carbonyl (C=O) groups excluding carboxylic acids is 2. The quantitative estimate of drug-likeness (QED) is 0.167. The van der Waals surface area contributed by atoms with Crippen LogP contribution < -0.4 is 21.0 Å². The number of allylic oxidation sites excluding steroid dienone is 1. The molecule has 5 nitrogen and oxygen atoms in total. The Labute approximate surface area is 205 Å². The summed E-state index contributed by atoms with van der Waals surface area (Å²) >= 11 is 0. The number of ether oxygens (including phenoxy) is 1. The van der Waals surface area contributed by atoms with E-state index in [-0.39, 0.29) is 5.31 Å². The van der Waals surface area contributed by atoms with E-state index in [9.17, 15) is 14.7 Å². The van der Waals surface area contributed by atoms with Crippen LogP contribution in [0, 0.1) is 0 Å². The Hall–Kier alpha value is -3.95. The lowest BCUT2D eigenvalue weighted by Gasteiger charge is -2.35. The van der Waals surface area contributed by atoms with Gasteiger partial charge in [0.1, 0.15) is 34.3 Å². The molecule has 0 saturated carbocycles. The normalized spacial score (nSPS) is 13.0. The summed E-state index contributed by atoms with van der Waals surface area (Å²) in [5.74, 6) is -1.93. The summed E-state index contributed by atoms with van der Waals surface area (Å²) in [6, 6.07) is 31.4. The Kier molecular flexibility index (Phi) is 7.28. The predicted molar refractivity (Wildman–Crippen MR) is 138 cm³/mol. The van der Waals surface area contributed by atoms with Gasteiger partial charge in [-0.2, -0.15) is 0 Å². The Morgan fingerprint density at radius 1 is 0.743 bits per heavy atom. The second kappa shape index (κ2) is 10.5. The number of Topliss-reactive ketones (excluding diaryl/α,β-unsaturated/α-hetero) is 1. The van der Waals surface area contributed by atoms with Gasteiger partial charge in [0, 0.05) is 12.4 Å². The zero-order valence-corrected chi connectivity index (χ0v) is 20.5. The van der Waals surface area contributed by atoms with Crippen LogP contribution in [0.4, 0.5) is 0 Å². The number of rotatable bonds is 8. The van der Waals surface area contributed by atoms with Crippen molar-refractivity contribution in [2.75, 3.05) is 7.11 Å². The van der Waals surface area contributed by atoms with Gasteiger partial charge in [-0.3, -0.25) is 4.79 Å². The number of hydrogen-bond donors (Lipinski definition) is 0. The first kappa shape index (κ1) is 24.2. The lowest BCUT2D eigenvalue weighted by Crippen LogP contribution is -2.39. The zero-order valence-electron chi connectivity index (χ0n) is 19.6. The highest BCUT2D eigenvalue weighted by atomic mass is 31.2. The van der Waals surface area contributed by atoms with Crippen molar-refractivity contribution in [3.8, 4) is 0 Å². The highest BCUT2D eigenvalue weighted by molar-refractivity contribution is 7.99. The average Bonchev–Trinajstić information content (AvgIpc) is 3.44. The van der Waals surface area contributed by atoms with Crippen molar-refractivity contribution in [1.82, 2.24) is 4.57 Å². The molecule has 0 aliphatic carbocycles. The average molecular weight is 484 g/mol. The molecular formula is C29H26NO4P. The van der Waals surface area contributed by atoms with Crippen LogP contribution in [0.15, 0.2) is 127 Å². The van der Waals surface area contributed by atoms with Crippen LogP contribution >= 0.6 is 7.26 Å². The molecule has 0 saturated heterocycles. The largest absolute Gasteiger partial charge is 0.868 e. The van der Waals surface area contributed by atoms with Gasteiger partial charge in [0.05, 0.1) is 7.11 Å². The molecule has 1 heterocycles. The second-order valence-electron chi connectivity index (χ2n) is 8.00. The van der Waals surface area contributed by atoms with E-state index >= 15 is 0 Å². The molecule has 4 rings (SSSR count). The third-order valence-corrected chi connectivity index (χ3v) is 10.3. The van der Waals surface area contributed by atoms with Gasteiger partial charge in [-0.1, -0.05) is 54.6 Å². The highest BCUT2D eigenvalue weighted by Crippen LogP contribution is 2.66. The van der Waals surface area contributed by atoms with Crippen LogP contribution in [0.2, 0.25) is 0 Å². The molecule has 0 bridgehead atoms. The highest BCUT2D eigenvalue weighted by Gasteiger charge is 2.55. The molecule has 1 unspecified atom stereocenters. The third-order valence-electron chi connectivity index (χ3n) is 5.95. The maximum atomic E-state index is 14.0. The van der Waals surface area contributed by atoms with Crippen molar-refractivity contribution in [3.05, 3.63) is 127 Å². The topological polar surface area (TPSA) is 71.4 Å². The number of aromatic nitrogens is 1. The van der Waals surface area contributed by atoms with Gasteiger partial charge in [0.25, 0.3) is 0 Å². The molecule has 0 aliphatic heterocycles. The van der Waals surface area contributed by atoms with Gasteiger partial charge < -0.3 is 14.4 Å². The monoisotopic (exact) mass is 483 g/mol. The summed E-state index contributed by atoms with van der Waals surface area (Å²) in [4.78, 5) is 26.2. The maximum absolute atomic E-state index is 14.0. The molecular weight excluding hydrogens is 457 g/mol. The van der Waals surface area contributed by atoms with Crippen LogP contribution in [-0.2, 0) is 14.3 Å². The molecule has 0 fully saturated rings.